The number of pyridine rings is 1. The van der Waals surface area contributed by atoms with Gasteiger partial charge in [0.15, 0.2) is 0 Å². The van der Waals surface area contributed by atoms with Crippen molar-refractivity contribution < 1.29 is 14.3 Å². The number of anilines is 1. The summed E-state index contributed by atoms with van der Waals surface area (Å²) in [4.78, 5) is 26.6. The molecule has 0 radical (unpaired) electrons. The van der Waals surface area contributed by atoms with Gasteiger partial charge in [0.1, 0.15) is 5.75 Å². The van der Waals surface area contributed by atoms with E-state index in [4.69, 9.17) is 4.74 Å². The van der Waals surface area contributed by atoms with Crippen LogP contribution in [0, 0.1) is 0 Å². The minimum Gasteiger partial charge on any atom is -0.427 e. The second-order valence-corrected chi connectivity index (χ2v) is 4.28. The van der Waals surface area contributed by atoms with Crippen LogP contribution >= 0.6 is 0 Å². The molecule has 21 heavy (non-hydrogen) atoms. The van der Waals surface area contributed by atoms with E-state index in [1.165, 1.54) is 6.92 Å². The van der Waals surface area contributed by atoms with E-state index >= 15 is 0 Å². The Balaban J connectivity index is 1.89. The van der Waals surface area contributed by atoms with Gasteiger partial charge in [0.25, 0.3) is 0 Å². The van der Waals surface area contributed by atoms with Gasteiger partial charge in [-0.3, -0.25) is 9.78 Å². The molecule has 108 valence electrons. The van der Waals surface area contributed by atoms with E-state index in [0.29, 0.717) is 18.0 Å². The Bertz CT molecular complexity index is 629. The van der Waals surface area contributed by atoms with E-state index in [2.05, 4.69) is 15.6 Å². The number of esters is 1. The van der Waals surface area contributed by atoms with E-state index < -0.39 is 5.97 Å². The summed E-state index contributed by atoms with van der Waals surface area (Å²) >= 11 is 0. The van der Waals surface area contributed by atoms with Crippen LogP contribution in [-0.2, 0) is 11.3 Å². The number of hydrogen-bond donors (Lipinski definition) is 2. The molecule has 0 aliphatic carbocycles. The molecule has 2 amide bonds. The fraction of sp³-hybridized carbons (Fsp3) is 0.133. The Labute approximate surface area is 122 Å². The minimum absolute atomic E-state index is 0.341. The number of carbonyl (C=O) groups is 2. The van der Waals surface area contributed by atoms with Crippen LogP contribution in [0.2, 0.25) is 0 Å². The summed E-state index contributed by atoms with van der Waals surface area (Å²) in [7, 11) is 0. The molecular formula is C15H15N3O3. The van der Waals surface area contributed by atoms with Crippen LogP contribution in [0.4, 0.5) is 10.5 Å². The fourth-order valence-electron chi connectivity index (χ4n) is 1.66. The molecule has 0 unspecified atom stereocenters. The molecule has 6 nitrogen and oxygen atoms in total. The smallest absolute Gasteiger partial charge is 0.319 e. The summed E-state index contributed by atoms with van der Waals surface area (Å²) in [6.45, 7) is 1.72. The van der Waals surface area contributed by atoms with Crippen molar-refractivity contribution in [3.8, 4) is 5.75 Å². The van der Waals surface area contributed by atoms with E-state index in [-0.39, 0.29) is 6.03 Å². The first-order valence-electron chi connectivity index (χ1n) is 6.36. The van der Waals surface area contributed by atoms with Gasteiger partial charge in [0.05, 0.1) is 0 Å². The molecular weight excluding hydrogens is 270 g/mol. The quantitative estimate of drug-likeness (QED) is 0.667. The highest BCUT2D eigenvalue weighted by atomic mass is 16.5. The lowest BCUT2D eigenvalue weighted by atomic mass is 10.3. The van der Waals surface area contributed by atoms with Crippen LogP contribution in [-0.4, -0.2) is 17.0 Å². The average molecular weight is 285 g/mol. The number of nitrogens with zero attached hydrogens (tertiary/aromatic N) is 1. The van der Waals surface area contributed by atoms with Crippen molar-refractivity contribution in [3.63, 3.8) is 0 Å². The van der Waals surface area contributed by atoms with Gasteiger partial charge < -0.3 is 15.4 Å². The van der Waals surface area contributed by atoms with Crippen molar-refractivity contribution in [2.24, 2.45) is 0 Å². The average Bonchev–Trinajstić information content (AvgIpc) is 2.46. The Kier molecular flexibility index (Phi) is 4.87. The zero-order valence-corrected chi connectivity index (χ0v) is 11.5. The van der Waals surface area contributed by atoms with Crippen LogP contribution < -0.4 is 15.4 Å². The molecule has 0 aliphatic heterocycles. The largest absolute Gasteiger partial charge is 0.427 e. The van der Waals surface area contributed by atoms with Gasteiger partial charge in [-0.25, -0.2) is 4.79 Å². The lowest BCUT2D eigenvalue weighted by Crippen LogP contribution is -2.28. The van der Waals surface area contributed by atoms with Gasteiger partial charge >= 0.3 is 12.0 Å². The van der Waals surface area contributed by atoms with Gasteiger partial charge in [-0.15, -0.1) is 0 Å². The summed E-state index contributed by atoms with van der Waals surface area (Å²) in [6.07, 6.45) is 3.33. The topological polar surface area (TPSA) is 80.3 Å². The molecule has 0 fully saturated rings. The maximum Gasteiger partial charge on any atom is 0.319 e. The summed E-state index contributed by atoms with van der Waals surface area (Å²) in [5, 5.41) is 5.39. The number of rotatable bonds is 4. The zero-order valence-electron chi connectivity index (χ0n) is 11.5. The maximum absolute atomic E-state index is 11.8. The van der Waals surface area contributed by atoms with Crippen molar-refractivity contribution in [3.05, 3.63) is 54.4 Å². The maximum atomic E-state index is 11.8. The molecule has 1 aromatic heterocycles. The first kappa shape index (κ1) is 14.5. The third kappa shape index (κ3) is 4.94. The summed E-state index contributed by atoms with van der Waals surface area (Å²) in [5.41, 5.74) is 1.50. The molecule has 1 aromatic carbocycles. The number of ether oxygens (including phenoxy) is 1. The molecule has 0 saturated carbocycles. The molecule has 0 atom stereocenters. The minimum atomic E-state index is -0.408. The second-order valence-electron chi connectivity index (χ2n) is 4.28. The van der Waals surface area contributed by atoms with Crippen LogP contribution in [0.1, 0.15) is 12.5 Å². The van der Waals surface area contributed by atoms with Gasteiger partial charge in [-0.1, -0.05) is 6.07 Å². The predicted molar refractivity (Wildman–Crippen MR) is 77.8 cm³/mol. The monoisotopic (exact) mass is 285 g/mol. The van der Waals surface area contributed by atoms with E-state index in [9.17, 15) is 9.59 Å². The standard InChI is InChI=1S/C15H15N3O3/c1-11(19)21-14-4-2-3-13(9-14)18-15(20)17-10-12-5-7-16-8-6-12/h2-9H,10H2,1H3,(H2,17,18,20). The lowest BCUT2D eigenvalue weighted by Gasteiger charge is -2.09. The van der Waals surface area contributed by atoms with Crippen LogP contribution in [0.5, 0.6) is 5.75 Å². The molecule has 2 aromatic rings. The lowest BCUT2D eigenvalue weighted by molar-refractivity contribution is -0.131. The number of hydrogen-bond acceptors (Lipinski definition) is 4. The van der Waals surface area contributed by atoms with Gasteiger partial charge in [-0.05, 0) is 29.8 Å². The van der Waals surface area contributed by atoms with E-state index in [0.717, 1.165) is 5.56 Å². The molecule has 1 heterocycles. The van der Waals surface area contributed by atoms with Crippen LogP contribution in [0.25, 0.3) is 0 Å². The molecule has 0 aliphatic rings. The van der Waals surface area contributed by atoms with Gasteiger partial charge in [-0.2, -0.15) is 0 Å². The van der Waals surface area contributed by atoms with Crippen molar-refractivity contribution in [1.29, 1.82) is 0 Å². The number of aromatic nitrogens is 1. The Hall–Kier alpha value is -2.89. The number of benzene rings is 1. The first-order valence-corrected chi connectivity index (χ1v) is 6.36. The Morgan fingerprint density at radius 1 is 1.19 bits per heavy atom. The summed E-state index contributed by atoms with van der Waals surface area (Å²) in [5.74, 6) is -0.0243. The van der Waals surface area contributed by atoms with Gasteiger partial charge in [0.2, 0.25) is 0 Å². The third-order valence-electron chi connectivity index (χ3n) is 2.56. The molecule has 0 bridgehead atoms. The third-order valence-corrected chi connectivity index (χ3v) is 2.56. The van der Waals surface area contributed by atoms with E-state index in [1.54, 1.807) is 36.7 Å². The van der Waals surface area contributed by atoms with Crippen LogP contribution in [0.15, 0.2) is 48.8 Å². The molecule has 2 rings (SSSR count). The molecule has 2 N–H and O–H groups in total. The number of urea groups is 1. The number of nitrogens with one attached hydrogen (secondary N) is 2. The highest BCUT2D eigenvalue weighted by molar-refractivity contribution is 5.89. The van der Waals surface area contributed by atoms with Crippen molar-refractivity contribution in [1.82, 2.24) is 10.3 Å². The summed E-state index contributed by atoms with van der Waals surface area (Å²) in [6, 6.07) is 9.92. The highest BCUT2D eigenvalue weighted by Crippen LogP contribution is 2.17. The van der Waals surface area contributed by atoms with Crippen molar-refractivity contribution in [2.75, 3.05) is 5.32 Å². The highest BCUT2D eigenvalue weighted by Gasteiger charge is 2.04. The van der Waals surface area contributed by atoms with Gasteiger partial charge in [0, 0.05) is 37.6 Å². The van der Waals surface area contributed by atoms with Crippen molar-refractivity contribution in [2.45, 2.75) is 13.5 Å². The SMILES string of the molecule is CC(=O)Oc1cccc(NC(=O)NCc2ccncc2)c1. The Morgan fingerprint density at radius 2 is 1.95 bits per heavy atom. The normalized spacial score (nSPS) is 9.76. The van der Waals surface area contributed by atoms with Crippen molar-refractivity contribution >= 4 is 17.7 Å². The Morgan fingerprint density at radius 3 is 2.67 bits per heavy atom. The number of carbonyl (C=O) groups excluding carboxylic acids is 2. The first-order chi connectivity index (χ1) is 10.1. The zero-order chi connectivity index (χ0) is 15.1. The fourth-order valence-corrected chi connectivity index (χ4v) is 1.66. The number of amides is 2. The predicted octanol–water partition coefficient (Wildman–Crippen LogP) is 2.33. The molecule has 0 saturated heterocycles. The molecule has 6 heteroatoms. The summed E-state index contributed by atoms with van der Waals surface area (Å²) < 4.78 is 4.95. The van der Waals surface area contributed by atoms with Crippen LogP contribution in [0.3, 0.4) is 0 Å². The van der Waals surface area contributed by atoms with E-state index in [1.807, 2.05) is 12.1 Å². The second kappa shape index (κ2) is 7.04. The molecule has 0 spiro atoms.